The smallest absolute Gasteiger partial charge is 0.329 e. The van der Waals surface area contributed by atoms with Gasteiger partial charge in [0.05, 0.1) is 0 Å². The van der Waals surface area contributed by atoms with Crippen LogP contribution in [0.5, 0.6) is 0 Å². The summed E-state index contributed by atoms with van der Waals surface area (Å²) in [6.45, 7) is 12.8. The van der Waals surface area contributed by atoms with Crippen molar-refractivity contribution in [1.82, 2.24) is 10.2 Å². The van der Waals surface area contributed by atoms with Crippen molar-refractivity contribution in [3.63, 3.8) is 0 Å². The number of urea groups is 1. The molecule has 2 heterocycles. The SMILES string of the molecule is Cc1cc2c(cc1/C=C1\NC(=O)N(CC(=O)Nc3ccc(Cl)cc3)C1=O)[C@H](C)CC(C)(C)N2C(C)C. The highest BCUT2D eigenvalue weighted by Gasteiger charge is 2.38. The number of hydrogen-bond donors (Lipinski definition) is 2. The van der Waals surface area contributed by atoms with Crippen molar-refractivity contribution in [3.05, 3.63) is 63.8 Å². The first-order valence-electron chi connectivity index (χ1n) is 12.2. The lowest BCUT2D eigenvalue weighted by atomic mass is 9.78. The first kappa shape index (κ1) is 25.8. The van der Waals surface area contributed by atoms with Crippen LogP contribution in [0.25, 0.3) is 6.08 Å². The Balaban J connectivity index is 1.56. The lowest BCUT2D eigenvalue weighted by Gasteiger charge is -2.50. The minimum atomic E-state index is -0.616. The lowest BCUT2D eigenvalue weighted by molar-refractivity contribution is -0.127. The number of rotatable bonds is 5. The predicted molar refractivity (Wildman–Crippen MR) is 144 cm³/mol. The minimum Gasteiger partial charge on any atom is -0.364 e. The zero-order valence-electron chi connectivity index (χ0n) is 21.6. The molecule has 1 fully saturated rings. The van der Waals surface area contributed by atoms with E-state index < -0.39 is 17.8 Å². The van der Waals surface area contributed by atoms with Crippen molar-refractivity contribution in [2.24, 2.45) is 0 Å². The van der Waals surface area contributed by atoms with Gasteiger partial charge in [0.1, 0.15) is 12.2 Å². The number of anilines is 2. The first-order chi connectivity index (χ1) is 16.9. The highest BCUT2D eigenvalue weighted by molar-refractivity contribution is 6.30. The summed E-state index contributed by atoms with van der Waals surface area (Å²) in [5.41, 5.74) is 5.07. The quantitative estimate of drug-likeness (QED) is 0.402. The van der Waals surface area contributed by atoms with Crippen molar-refractivity contribution in [3.8, 4) is 0 Å². The maximum Gasteiger partial charge on any atom is 0.329 e. The molecule has 0 aromatic heterocycles. The molecule has 2 aliphatic heterocycles. The Labute approximate surface area is 217 Å². The number of amides is 4. The summed E-state index contributed by atoms with van der Waals surface area (Å²) in [4.78, 5) is 41.4. The van der Waals surface area contributed by atoms with Crippen molar-refractivity contribution in [2.45, 2.75) is 65.5 Å². The van der Waals surface area contributed by atoms with Gasteiger partial charge in [0.15, 0.2) is 0 Å². The number of halogens is 1. The molecule has 0 bridgehead atoms. The van der Waals surface area contributed by atoms with Crippen LogP contribution < -0.4 is 15.5 Å². The predicted octanol–water partition coefficient (Wildman–Crippen LogP) is 5.68. The molecule has 2 aromatic rings. The van der Waals surface area contributed by atoms with Gasteiger partial charge in [0.2, 0.25) is 5.91 Å². The van der Waals surface area contributed by atoms with Crippen LogP contribution in [-0.4, -0.2) is 40.9 Å². The fourth-order valence-corrected chi connectivity index (χ4v) is 5.62. The second-order valence-electron chi connectivity index (χ2n) is 10.6. The van der Waals surface area contributed by atoms with E-state index in [1.165, 1.54) is 11.3 Å². The van der Waals surface area contributed by atoms with Crippen LogP contribution in [0.15, 0.2) is 42.1 Å². The van der Waals surface area contributed by atoms with Gasteiger partial charge in [-0.25, -0.2) is 9.69 Å². The van der Waals surface area contributed by atoms with E-state index in [0.29, 0.717) is 22.7 Å². The van der Waals surface area contributed by atoms with Gasteiger partial charge in [0.25, 0.3) is 5.91 Å². The highest BCUT2D eigenvalue weighted by Crippen LogP contribution is 2.45. The summed E-state index contributed by atoms with van der Waals surface area (Å²) >= 11 is 5.87. The molecule has 4 rings (SSSR count). The molecule has 4 amide bonds. The molecule has 0 unspecified atom stereocenters. The van der Waals surface area contributed by atoms with Crippen LogP contribution in [0.4, 0.5) is 16.2 Å². The third-order valence-corrected chi connectivity index (χ3v) is 7.12. The van der Waals surface area contributed by atoms with E-state index >= 15 is 0 Å². The molecular formula is C28H33ClN4O3. The first-order valence-corrected chi connectivity index (χ1v) is 12.6. The van der Waals surface area contributed by atoms with E-state index in [1.54, 1.807) is 30.3 Å². The van der Waals surface area contributed by atoms with E-state index in [2.05, 4.69) is 62.3 Å². The largest absolute Gasteiger partial charge is 0.364 e. The van der Waals surface area contributed by atoms with E-state index in [0.717, 1.165) is 22.4 Å². The number of nitrogens with zero attached hydrogens (tertiary/aromatic N) is 2. The number of carbonyl (C=O) groups is 3. The van der Waals surface area contributed by atoms with Gasteiger partial charge in [-0.3, -0.25) is 9.59 Å². The van der Waals surface area contributed by atoms with Gasteiger partial charge >= 0.3 is 6.03 Å². The molecule has 36 heavy (non-hydrogen) atoms. The average molecular weight is 509 g/mol. The fourth-order valence-electron chi connectivity index (χ4n) is 5.49. The number of fused-ring (bicyclic) bond motifs is 1. The second-order valence-corrected chi connectivity index (χ2v) is 11.0. The molecular weight excluding hydrogens is 476 g/mol. The zero-order chi connectivity index (χ0) is 26.4. The number of carbonyl (C=O) groups excluding carboxylic acids is 3. The molecule has 0 radical (unpaired) electrons. The van der Waals surface area contributed by atoms with Crippen LogP contribution in [0.3, 0.4) is 0 Å². The van der Waals surface area contributed by atoms with Crippen molar-refractivity contribution in [1.29, 1.82) is 0 Å². The molecule has 1 saturated heterocycles. The molecule has 0 spiro atoms. The van der Waals surface area contributed by atoms with Gasteiger partial charge in [-0.05, 0) is 106 Å². The Morgan fingerprint density at radius 2 is 1.89 bits per heavy atom. The third-order valence-electron chi connectivity index (χ3n) is 6.87. The molecule has 190 valence electrons. The van der Waals surface area contributed by atoms with Gasteiger partial charge < -0.3 is 15.5 Å². The van der Waals surface area contributed by atoms with Crippen molar-refractivity contribution >= 4 is 46.9 Å². The topological polar surface area (TPSA) is 81.8 Å². The molecule has 2 aliphatic rings. The fraction of sp³-hybridized carbons (Fsp3) is 0.393. The van der Waals surface area contributed by atoms with Crippen LogP contribution in [0.2, 0.25) is 5.02 Å². The van der Waals surface area contributed by atoms with E-state index in [1.807, 2.05) is 6.92 Å². The average Bonchev–Trinajstić information content (AvgIpc) is 3.03. The number of benzene rings is 2. The number of aryl methyl sites for hydroxylation is 1. The van der Waals surface area contributed by atoms with E-state index in [9.17, 15) is 14.4 Å². The summed E-state index contributed by atoms with van der Waals surface area (Å²) in [6.07, 6.45) is 2.72. The Morgan fingerprint density at radius 3 is 2.53 bits per heavy atom. The van der Waals surface area contributed by atoms with Crippen LogP contribution in [0.1, 0.15) is 63.6 Å². The summed E-state index contributed by atoms with van der Waals surface area (Å²) in [5.74, 6) is -0.650. The van der Waals surface area contributed by atoms with Gasteiger partial charge in [-0.2, -0.15) is 0 Å². The maximum atomic E-state index is 13.0. The molecule has 0 saturated carbocycles. The van der Waals surface area contributed by atoms with E-state index in [4.69, 9.17) is 11.6 Å². The summed E-state index contributed by atoms with van der Waals surface area (Å²) in [6, 6.07) is 10.6. The molecule has 0 aliphatic carbocycles. The number of nitrogens with one attached hydrogen (secondary N) is 2. The zero-order valence-corrected chi connectivity index (χ0v) is 22.4. The van der Waals surface area contributed by atoms with Gasteiger partial charge in [-0.15, -0.1) is 0 Å². The monoisotopic (exact) mass is 508 g/mol. The summed E-state index contributed by atoms with van der Waals surface area (Å²) < 4.78 is 0. The third kappa shape index (κ3) is 4.98. The highest BCUT2D eigenvalue weighted by atomic mass is 35.5. The number of hydrogen-bond acceptors (Lipinski definition) is 4. The van der Waals surface area contributed by atoms with Gasteiger partial charge in [0, 0.05) is 28.0 Å². The van der Waals surface area contributed by atoms with Crippen LogP contribution >= 0.6 is 11.6 Å². The van der Waals surface area contributed by atoms with Crippen molar-refractivity contribution < 1.29 is 14.4 Å². The Kier molecular flexibility index (Phi) is 6.88. The number of imide groups is 1. The van der Waals surface area contributed by atoms with E-state index in [-0.39, 0.29) is 17.8 Å². The molecule has 7 nitrogen and oxygen atoms in total. The lowest BCUT2D eigenvalue weighted by Crippen LogP contribution is -2.51. The minimum absolute atomic E-state index is 0.0372. The van der Waals surface area contributed by atoms with Gasteiger partial charge in [-0.1, -0.05) is 18.5 Å². The molecule has 1 atom stereocenters. The standard InChI is InChI=1S/C28H33ClN4O3/c1-16(2)33-24-11-17(3)19(12-22(24)18(4)14-28(33,5)6)13-23-26(35)32(27(36)31-23)15-25(34)30-21-9-7-20(29)8-10-21/h7-13,16,18H,14-15H2,1-6H3,(H,30,34)(H,31,36)/b23-13-/t18-/m1/s1. The normalized spacial score (nSPS) is 20.1. The Hall–Kier alpha value is -3.32. The Morgan fingerprint density at radius 1 is 1.22 bits per heavy atom. The molecule has 2 aromatic carbocycles. The van der Waals surface area contributed by atoms with Crippen LogP contribution in [-0.2, 0) is 9.59 Å². The molecule has 8 heteroatoms. The van der Waals surface area contributed by atoms with Crippen molar-refractivity contribution in [2.75, 3.05) is 16.8 Å². The summed E-state index contributed by atoms with van der Waals surface area (Å²) in [5, 5.41) is 5.85. The maximum absolute atomic E-state index is 13.0. The second kappa shape index (κ2) is 9.62. The Bertz CT molecular complexity index is 1250. The molecule has 2 N–H and O–H groups in total. The van der Waals surface area contributed by atoms with Crippen LogP contribution in [0, 0.1) is 6.92 Å². The summed E-state index contributed by atoms with van der Waals surface area (Å²) in [7, 11) is 0.